The lowest BCUT2D eigenvalue weighted by molar-refractivity contribution is -0.130. The van der Waals surface area contributed by atoms with Gasteiger partial charge in [0.05, 0.1) is 18.4 Å². The SMILES string of the molecule is COc1ccc(C(=O)Nc2ccccc2C(=O)O[C@H](C(=O)NC(N)=O)C(C)C)cc1. The predicted molar refractivity (Wildman–Crippen MR) is 109 cm³/mol. The molecule has 0 saturated carbocycles. The monoisotopic (exact) mass is 413 g/mol. The van der Waals surface area contributed by atoms with Gasteiger partial charge >= 0.3 is 12.0 Å². The Hall–Kier alpha value is -3.88. The molecule has 0 aliphatic rings. The van der Waals surface area contributed by atoms with E-state index in [1.807, 2.05) is 5.32 Å². The number of hydrogen-bond donors (Lipinski definition) is 3. The van der Waals surface area contributed by atoms with Crippen molar-refractivity contribution in [3.63, 3.8) is 0 Å². The molecule has 158 valence electrons. The number of urea groups is 1. The average molecular weight is 413 g/mol. The van der Waals surface area contributed by atoms with E-state index < -0.39 is 35.8 Å². The van der Waals surface area contributed by atoms with Gasteiger partial charge in [-0.25, -0.2) is 9.59 Å². The highest BCUT2D eigenvalue weighted by Gasteiger charge is 2.29. The summed E-state index contributed by atoms with van der Waals surface area (Å²) in [6.07, 6.45) is -1.24. The third-order valence-corrected chi connectivity index (χ3v) is 4.09. The number of anilines is 1. The van der Waals surface area contributed by atoms with E-state index >= 15 is 0 Å². The van der Waals surface area contributed by atoms with Gasteiger partial charge in [0.15, 0.2) is 6.10 Å². The lowest BCUT2D eigenvalue weighted by Gasteiger charge is -2.20. The number of nitrogens with two attached hydrogens (primary N) is 1. The number of methoxy groups -OCH3 is 1. The number of carbonyl (C=O) groups excluding carboxylic acids is 4. The number of hydrogen-bond acceptors (Lipinski definition) is 6. The molecule has 4 amide bonds. The van der Waals surface area contributed by atoms with E-state index in [-0.39, 0.29) is 11.3 Å². The first kappa shape index (κ1) is 22.4. The Morgan fingerprint density at radius 1 is 0.967 bits per heavy atom. The number of carbonyl (C=O) groups is 4. The molecule has 0 heterocycles. The van der Waals surface area contributed by atoms with Gasteiger partial charge in [0.2, 0.25) is 0 Å². The second-order valence-corrected chi connectivity index (χ2v) is 6.65. The molecule has 4 N–H and O–H groups in total. The number of primary amides is 1. The van der Waals surface area contributed by atoms with E-state index in [2.05, 4.69) is 5.32 Å². The first-order valence-electron chi connectivity index (χ1n) is 9.08. The molecular weight excluding hydrogens is 390 g/mol. The van der Waals surface area contributed by atoms with Crippen LogP contribution in [0.4, 0.5) is 10.5 Å². The first-order valence-corrected chi connectivity index (χ1v) is 9.08. The van der Waals surface area contributed by atoms with Crippen LogP contribution in [0.25, 0.3) is 0 Å². The first-order chi connectivity index (χ1) is 14.2. The van der Waals surface area contributed by atoms with E-state index in [0.717, 1.165) is 0 Å². The van der Waals surface area contributed by atoms with Gasteiger partial charge in [-0.1, -0.05) is 26.0 Å². The molecule has 2 aromatic carbocycles. The van der Waals surface area contributed by atoms with Crippen molar-refractivity contribution in [3.05, 3.63) is 59.7 Å². The predicted octanol–water partition coefficient (Wildman–Crippen LogP) is 2.32. The normalized spacial score (nSPS) is 11.3. The maximum Gasteiger partial charge on any atom is 0.341 e. The second-order valence-electron chi connectivity index (χ2n) is 6.65. The summed E-state index contributed by atoms with van der Waals surface area (Å²) in [6, 6.07) is 11.6. The summed E-state index contributed by atoms with van der Waals surface area (Å²) in [7, 11) is 1.52. The van der Waals surface area contributed by atoms with E-state index in [9.17, 15) is 19.2 Å². The van der Waals surface area contributed by atoms with Gasteiger partial charge in [0.1, 0.15) is 5.75 Å². The molecule has 9 nitrogen and oxygen atoms in total. The van der Waals surface area contributed by atoms with Crippen molar-refractivity contribution in [2.45, 2.75) is 20.0 Å². The Labute approximate surface area is 173 Å². The Balaban J connectivity index is 2.20. The van der Waals surface area contributed by atoms with Crippen molar-refractivity contribution >= 4 is 29.5 Å². The minimum Gasteiger partial charge on any atom is -0.497 e. The van der Waals surface area contributed by atoms with Crippen molar-refractivity contribution in [1.82, 2.24) is 5.32 Å². The fraction of sp³-hybridized carbons (Fsp3) is 0.238. The highest BCUT2D eigenvalue weighted by molar-refractivity contribution is 6.08. The molecule has 0 bridgehead atoms. The number of para-hydroxylation sites is 1. The quantitative estimate of drug-likeness (QED) is 0.596. The number of imide groups is 1. The number of rotatable bonds is 7. The van der Waals surface area contributed by atoms with Gasteiger partial charge in [0.25, 0.3) is 11.8 Å². The Morgan fingerprint density at radius 3 is 2.17 bits per heavy atom. The molecule has 0 aliphatic carbocycles. The molecule has 0 aliphatic heterocycles. The fourth-order valence-corrected chi connectivity index (χ4v) is 2.57. The van der Waals surface area contributed by atoms with Crippen molar-refractivity contribution in [2.75, 3.05) is 12.4 Å². The van der Waals surface area contributed by atoms with Crippen LogP contribution >= 0.6 is 0 Å². The Morgan fingerprint density at radius 2 is 1.60 bits per heavy atom. The van der Waals surface area contributed by atoms with Crippen LogP contribution in [-0.2, 0) is 9.53 Å². The summed E-state index contributed by atoms with van der Waals surface area (Å²) in [5.74, 6) is -1.92. The molecule has 0 spiro atoms. The van der Waals surface area contributed by atoms with Gasteiger partial charge < -0.3 is 20.5 Å². The molecule has 0 unspecified atom stereocenters. The highest BCUT2D eigenvalue weighted by atomic mass is 16.5. The highest BCUT2D eigenvalue weighted by Crippen LogP contribution is 2.20. The van der Waals surface area contributed by atoms with Crippen molar-refractivity contribution in [3.8, 4) is 5.75 Å². The lowest BCUT2D eigenvalue weighted by atomic mass is 10.1. The van der Waals surface area contributed by atoms with Crippen LogP contribution in [0.3, 0.4) is 0 Å². The summed E-state index contributed by atoms with van der Waals surface area (Å²) >= 11 is 0. The standard InChI is InChI=1S/C21H23N3O6/c1-12(2)17(19(26)24-21(22)28)30-20(27)15-6-4-5-7-16(15)23-18(25)13-8-10-14(29-3)11-9-13/h4-12,17H,1-3H3,(H,23,25)(H3,22,24,26,28)/t17-/m0/s1. The van der Waals surface area contributed by atoms with Crippen LogP contribution in [0.2, 0.25) is 0 Å². The van der Waals surface area contributed by atoms with Gasteiger partial charge in [-0.3, -0.25) is 14.9 Å². The lowest BCUT2D eigenvalue weighted by Crippen LogP contribution is -2.45. The summed E-state index contributed by atoms with van der Waals surface area (Å²) in [5.41, 5.74) is 5.58. The molecule has 0 saturated heterocycles. The molecule has 0 fully saturated rings. The maximum atomic E-state index is 12.7. The van der Waals surface area contributed by atoms with Crippen LogP contribution in [0.1, 0.15) is 34.6 Å². The zero-order valence-electron chi connectivity index (χ0n) is 16.8. The molecule has 1 atom stereocenters. The number of esters is 1. The average Bonchev–Trinajstić information content (AvgIpc) is 2.71. The fourth-order valence-electron chi connectivity index (χ4n) is 2.57. The zero-order chi connectivity index (χ0) is 22.3. The van der Waals surface area contributed by atoms with Gasteiger partial charge in [-0.05, 0) is 42.3 Å². The summed E-state index contributed by atoms with van der Waals surface area (Å²) in [5, 5.41) is 4.56. The number of benzene rings is 2. The smallest absolute Gasteiger partial charge is 0.341 e. The van der Waals surface area contributed by atoms with Crippen molar-refractivity contribution in [1.29, 1.82) is 0 Å². The number of amides is 4. The number of ether oxygens (including phenoxy) is 2. The number of nitrogens with one attached hydrogen (secondary N) is 2. The van der Waals surface area contributed by atoms with Crippen LogP contribution in [0.15, 0.2) is 48.5 Å². The molecule has 30 heavy (non-hydrogen) atoms. The Kier molecular flexibility index (Phi) is 7.51. The van der Waals surface area contributed by atoms with E-state index in [0.29, 0.717) is 11.3 Å². The minimum absolute atomic E-state index is 0.0527. The van der Waals surface area contributed by atoms with E-state index in [1.165, 1.54) is 19.2 Å². The van der Waals surface area contributed by atoms with Gasteiger partial charge in [-0.2, -0.15) is 0 Å². The van der Waals surface area contributed by atoms with Gasteiger partial charge in [0, 0.05) is 5.56 Å². The van der Waals surface area contributed by atoms with E-state index in [1.54, 1.807) is 50.2 Å². The second kappa shape index (κ2) is 10.1. The molecule has 2 rings (SSSR count). The summed E-state index contributed by atoms with van der Waals surface area (Å²) < 4.78 is 10.4. The zero-order valence-corrected chi connectivity index (χ0v) is 16.8. The molecule has 0 aromatic heterocycles. The van der Waals surface area contributed by atoms with Crippen LogP contribution in [0.5, 0.6) is 5.75 Å². The maximum absolute atomic E-state index is 12.7. The summed E-state index contributed by atoms with van der Waals surface area (Å²) in [6.45, 7) is 3.30. The molecule has 2 aromatic rings. The van der Waals surface area contributed by atoms with Crippen LogP contribution in [0, 0.1) is 5.92 Å². The van der Waals surface area contributed by atoms with Gasteiger partial charge in [-0.15, -0.1) is 0 Å². The largest absolute Gasteiger partial charge is 0.497 e. The Bertz CT molecular complexity index is 940. The van der Waals surface area contributed by atoms with E-state index in [4.69, 9.17) is 15.2 Å². The van der Waals surface area contributed by atoms with Crippen molar-refractivity contribution < 1.29 is 28.7 Å². The molecular formula is C21H23N3O6. The van der Waals surface area contributed by atoms with Crippen molar-refractivity contribution in [2.24, 2.45) is 11.7 Å². The van der Waals surface area contributed by atoms with Crippen LogP contribution in [-0.4, -0.2) is 37.0 Å². The molecule has 0 radical (unpaired) electrons. The topological polar surface area (TPSA) is 137 Å². The molecule has 9 heteroatoms. The minimum atomic E-state index is -1.24. The van der Waals surface area contributed by atoms with Crippen LogP contribution < -0.4 is 21.1 Å². The summed E-state index contributed by atoms with van der Waals surface area (Å²) in [4.78, 5) is 48.2. The third kappa shape index (κ3) is 5.81. The third-order valence-electron chi connectivity index (χ3n) is 4.09.